The average molecular weight is 354 g/mol. The number of hydrogen-bond acceptors (Lipinski definition) is 2. The molecule has 1 heterocycles. The monoisotopic (exact) mass is 354 g/mol. The van der Waals surface area contributed by atoms with Crippen LogP contribution in [0.4, 0.5) is 0 Å². The summed E-state index contributed by atoms with van der Waals surface area (Å²) in [7, 11) is 0. The molecule has 132 valence electrons. The van der Waals surface area contributed by atoms with Gasteiger partial charge in [0.05, 0.1) is 11.8 Å². The van der Waals surface area contributed by atoms with Gasteiger partial charge in [-0.25, -0.2) is 4.79 Å². The number of hydrogen-bond donors (Lipinski definition) is 1. The van der Waals surface area contributed by atoms with Gasteiger partial charge in [-0.15, -0.1) is 0 Å². The molecular formula is C23H18N2O2. The second-order valence-corrected chi connectivity index (χ2v) is 6.29. The molecule has 0 aliphatic heterocycles. The molecule has 4 nitrogen and oxygen atoms in total. The number of carboxylic acids is 1. The first-order chi connectivity index (χ1) is 13.2. The van der Waals surface area contributed by atoms with Crippen LogP contribution in [0.2, 0.25) is 0 Å². The highest BCUT2D eigenvalue weighted by atomic mass is 16.4. The van der Waals surface area contributed by atoms with Crippen LogP contribution in [0.3, 0.4) is 0 Å². The van der Waals surface area contributed by atoms with E-state index in [1.54, 1.807) is 10.9 Å². The Balaban J connectivity index is 2.10. The van der Waals surface area contributed by atoms with Crippen LogP contribution in [0, 0.1) is 0 Å². The number of carbonyl (C=O) groups is 1. The zero-order valence-electron chi connectivity index (χ0n) is 14.6. The first-order valence-corrected chi connectivity index (χ1v) is 8.68. The Bertz CT molecular complexity index is 945. The van der Waals surface area contributed by atoms with Gasteiger partial charge < -0.3 is 5.11 Å². The number of aromatic carboxylic acids is 1. The highest BCUT2D eigenvalue weighted by molar-refractivity contribution is 5.86. The van der Waals surface area contributed by atoms with E-state index in [0.29, 0.717) is 0 Å². The highest BCUT2D eigenvalue weighted by Crippen LogP contribution is 2.40. The number of rotatable bonds is 5. The van der Waals surface area contributed by atoms with Gasteiger partial charge in [-0.05, 0) is 16.7 Å². The second-order valence-electron chi connectivity index (χ2n) is 6.29. The molecule has 0 aliphatic rings. The molecule has 0 radical (unpaired) electrons. The van der Waals surface area contributed by atoms with Gasteiger partial charge in [-0.3, -0.25) is 4.68 Å². The lowest BCUT2D eigenvalue weighted by Gasteiger charge is -2.36. The van der Waals surface area contributed by atoms with Crippen molar-refractivity contribution in [2.24, 2.45) is 0 Å². The fourth-order valence-corrected chi connectivity index (χ4v) is 3.55. The van der Waals surface area contributed by atoms with Crippen molar-refractivity contribution in [3.8, 4) is 0 Å². The van der Waals surface area contributed by atoms with Crippen LogP contribution in [0.15, 0.2) is 103 Å². The van der Waals surface area contributed by atoms with Crippen LogP contribution >= 0.6 is 0 Å². The van der Waals surface area contributed by atoms with Crippen molar-refractivity contribution in [2.45, 2.75) is 5.54 Å². The third kappa shape index (κ3) is 2.81. The quantitative estimate of drug-likeness (QED) is 0.540. The SMILES string of the molecule is O=C(O)c1cnn(C(c2ccccc2)(c2ccccc2)c2ccccc2)c1. The van der Waals surface area contributed by atoms with E-state index in [4.69, 9.17) is 0 Å². The molecule has 0 atom stereocenters. The Morgan fingerprint density at radius 2 is 1.15 bits per heavy atom. The number of aromatic nitrogens is 2. The largest absolute Gasteiger partial charge is 0.478 e. The molecule has 0 fully saturated rings. The van der Waals surface area contributed by atoms with Crippen LogP contribution < -0.4 is 0 Å². The maximum Gasteiger partial charge on any atom is 0.338 e. The molecule has 0 spiro atoms. The lowest BCUT2D eigenvalue weighted by atomic mass is 9.77. The van der Waals surface area contributed by atoms with Gasteiger partial charge in [0.15, 0.2) is 0 Å². The van der Waals surface area contributed by atoms with Crippen molar-refractivity contribution < 1.29 is 9.90 Å². The summed E-state index contributed by atoms with van der Waals surface area (Å²) in [6.07, 6.45) is 2.99. The van der Waals surface area contributed by atoms with Crippen LogP contribution in [0.5, 0.6) is 0 Å². The molecule has 4 rings (SSSR count). The van der Waals surface area contributed by atoms with Gasteiger partial charge in [0.25, 0.3) is 0 Å². The molecule has 0 unspecified atom stereocenters. The summed E-state index contributed by atoms with van der Waals surface area (Å²) >= 11 is 0. The fraction of sp³-hybridized carbons (Fsp3) is 0.0435. The fourth-order valence-electron chi connectivity index (χ4n) is 3.55. The highest BCUT2D eigenvalue weighted by Gasteiger charge is 2.39. The average Bonchev–Trinajstić information content (AvgIpc) is 3.22. The van der Waals surface area contributed by atoms with Gasteiger partial charge in [0.2, 0.25) is 0 Å². The summed E-state index contributed by atoms with van der Waals surface area (Å²) in [5.74, 6) is -0.996. The van der Waals surface area contributed by atoms with Gasteiger partial charge in [-0.1, -0.05) is 91.0 Å². The first kappa shape index (κ1) is 16.8. The minimum Gasteiger partial charge on any atom is -0.478 e. The molecular weight excluding hydrogens is 336 g/mol. The van der Waals surface area contributed by atoms with Crippen LogP contribution in [0.25, 0.3) is 0 Å². The van der Waals surface area contributed by atoms with Gasteiger partial charge in [-0.2, -0.15) is 5.10 Å². The molecule has 1 aromatic heterocycles. The number of benzene rings is 3. The van der Waals surface area contributed by atoms with Crippen molar-refractivity contribution in [2.75, 3.05) is 0 Å². The normalized spacial score (nSPS) is 11.3. The van der Waals surface area contributed by atoms with E-state index in [9.17, 15) is 9.90 Å². The van der Waals surface area contributed by atoms with Gasteiger partial charge >= 0.3 is 5.97 Å². The van der Waals surface area contributed by atoms with Crippen LogP contribution in [0.1, 0.15) is 27.0 Å². The Morgan fingerprint density at radius 3 is 1.48 bits per heavy atom. The molecule has 4 heteroatoms. The number of carboxylic acid groups (broad SMARTS) is 1. The summed E-state index contributed by atoms with van der Waals surface area (Å²) in [5, 5.41) is 13.9. The summed E-state index contributed by atoms with van der Waals surface area (Å²) in [4.78, 5) is 11.5. The van der Waals surface area contributed by atoms with Crippen molar-refractivity contribution in [1.82, 2.24) is 9.78 Å². The molecule has 27 heavy (non-hydrogen) atoms. The Kier molecular flexibility index (Phi) is 4.30. The van der Waals surface area contributed by atoms with Crippen molar-refractivity contribution in [3.63, 3.8) is 0 Å². The lowest BCUT2D eigenvalue weighted by molar-refractivity contribution is 0.0696. The molecule has 4 aromatic rings. The van der Waals surface area contributed by atoms with E-state index in [1.807, 2.05) is 91.0 Å². The smallest absolute Gasteiger partial charge is 0.338 e. The zero-order chi connectivity index (χ0) is 18.7. The maximum absolute atomic E-state index is 11.5. The number of nitrogens with zero attached hydrogens (tertiary/aromatic N) is 2. The predicted octanol–water partition coefficient (Wildman–Crippen LogP) is 4.42. The molecule has 1 N–H and O–H groups in total. The van der Waals surface area contributed by atoms with E-state index < -0.39 is 11.5 Å². The Morgan fingerprint density at radius 1 is 0.741 bits per heavy atom. The standard InChI is InChI=1S/C23H18N2O2/c26-22(27)18-16-24-25(17-18)23(19-10-4-1-5-11-19,20-12-6-2-7-13-20)21-14-8-3-9-15-21/h1-17H,(H,26,27). The molecule has 0 saturated heterocycles. The predicted molar refractivity (Wildman–Crippen MR) is 104 cm³/mol. The van der Waals surface area contributed by atoms with E-state index >= 15 is 0 Å². The Hall–Kier alpha value is -3.66. The minimum atomic E-state index is -0.996. The van der Waals surface area contributed by atoms with Crippen LogP contribution in [-0.2, 0) is 5.54 Å². The lowest BCUT2D eigenvalue weighted by Crippen LogP contribution is -2.38. The summed E-state index contributed by atoms with van der Waals surface area (Å²) in [6.45, 7) is 0. The van der Waals surface area contributed by atoms with E-state index in [2.05, 4.69) is 5.10 Å². The summed E-state index contributed by atoms with van der Waals surface area (Å²) in [6, 6.07) is 30.1. The second kappa shape index (κ2) is 6.92. The first-order valence-electron chi connectivity index (χ1n) is 8.68. The van der Waals surface area contributed by atoms with Crippen LogP contribution in [-0.4, -0.2) is 20.9 Å². The molecule has 0 bridgehead atoms. The third-order valence-corrected chi connectivity index (χ3v) is 4.75. The third-order valence-electron chi connectivity index (χ3n) is 4.75. The van der Waals surface area contributed by atoms with E-state index in [0.717, 1.165) is 16.7 Å². The zero-order valence-corrected chi connectivity index (χ0v) is 14.6. The van der Waals surface area contributed by atoms with Crippen molar-refractivity contribution >= 4 is 5.97 Å². The van der Waals surface area contributed by atoms with Gasteiger partial charge in [0.1, 0.15) is 5.54 Å². The molecule has 0 saturated carbocycles. The van der Waals surface area contributed by atoms with Gasteiger partial charge in [0, 0.05) is 6.20 Å². The van der Waals surface area contributed by atoms with E-state index in [1.165, 1.54) is 6.20 Å². The molecule has 0 amide bonds. The molecule has 3 aromatic carbocycles. The topological polar surface area (TPSA) is 55.1 Å². The molecule has 0 aliphatic carbocycles. The summed E-state index contributed by atoms with van der Waals surface area (Å²) in [5.41, 5.74) is 2.38. The van der Waals surface area contributed by atoms with Crippen molar-refractivity contribution in [1.29, 1.82) is 0 Å². The van der Waals surface area contributed by atoms with Crippen molar-refractivity contribution in [3.05, 3.63) is 126 Å². The summed E-state index contributed by atoms with van der Waals surface area (Å²) < 4.78 is 1.75. The van der Waals surface area contributed by atoms with E-state index in [-0.39, 0.29) is 5.56 Å². The minimum absolute atomic E-state index is 0.155. The Labute approximate surface area is 157 Å². The maximum atomic E-state index is 11.5.